The standard InChI is InChI=1S/C21H16F6N4O2/c22-20(23,24)14-3-5-15(6-4-14)29-19(32)30-9-10-31-18(12-30)17(11-28-31)13-1-7-16(8-2-13)33-21(25,26)27/h1-8,11H,9-10,12H2,(H,29,32). The summed E-state index contributed by atoms with van der Waals surface area (Å²) in [7, 11) is 0. The van der Waals surface area contributed by atoms with Crippen molar-refractivity contribution in [2.24, 2.45) is 0 Å². The quantitative estimate of drug-likeness (QED) is 0.514. The second-order valence-corrected chi connectivity index (χ2v) is 7.23. The van der Waals surface area contributed by atoms with Gasteiger partial charge in [0.2, 0.25) is 0 Å². The number of nitrogens with one attached hydrogen (secondary N) is 1. The van der Waals surface area contributed by atoms with E-state index in [0.717, 1.165) is 12.1 Å². The molecule has 0 fully saturated rings. The zero-order chi connectivity index (χ0) is 23.8. The maximum Gasteiger partial charge on any atom is 0.573 e. The van der Waals surface area contributed by atoms with Gasteiger partial charge in [-0.15, -0.1) is 13.2 Å². The first-order valence-corrected chi connectivity index (χ1v) is 9.64. The Morgan fingerprint density at radius 1 is 0.939 bits per heavy atom. The Morgan fingerprint density at radius 2 is 1.61 bits per heavy atom. The zero-order valence-corrected chi connectivity index (χ0v) is 16.7. The van der Waals surface area contributed by atoms with E-state index in [1.807, 2.05) is 0 Å². The molecule has 0 unspecified atom stereocenters. The summed E-state index contributed by atoms with van der Waals surface area (Å²) in [6.45, 7) is 0.854. The van der Waals surface area contributed by atoms with E-state index in [0.29, 0.717) is 29.9 Å². The predicted octanol–water partition coefficient (Wildman–Crippen LogP) is 5.52. The molecule has 12 heteroatoms. The molecule has 2 heterocycles. The van der Waals surface area contributed by atoms with Crippen LogP contribution in [0, 0.1) is 0 Å². The SMILES string of the molecule is O=C(Nc1ccc(C(F)(F)F)cc1)N1CCn2ncc(-c3ccc(OC(F)(F)F)cc3)c2C1. The zero-order valence-electron chi connectivity index (χ0n) is 16.7. The van der Waals surface area contributed by atoms with Gasteiger partial charge < -0.3 is 15.0 Å². The lowest BCUT2D eigenvalue weighted by molar-refractivity contribution is -0.274. The van der Waals surface area contributed by atoms with Crippen molar-refractivity contribution in [3.8, 4) is 16.9 Å². The number of alkyl halides is 6. The summed E-state index contributed by atoms with van der Waals surface area (Å²) in [6.07, 6.45) is -7.70. The van der Waals surface area contributed by atoms with Crippen LogP contribution in [-0.2, 0) is 19.3 Å². The molecule has 0 aliphatic carbocycles. The topological polar surface area (TPSA) is 59.4 Å². The van der Waals surface area contributed by atoms with Crippen molar-refractivity contribution >= 4 is 11.7 Å². The van der Waals surface area contributed by atoms with E-state index in [1.54, 1.807) is 10.9 Å². The van der Waals surface area contributed by atoms with E-state index < -0.39 is 24.1 Å². The number of amides is 2. The Labute approximate surface area is 183 Å². The molecule has 33 heavy (non-hydrogen) atoms. The third-order valence-electron chi connectivity index (χ3n) is 5.02. The number of hydrogen-bond acceptors (Lipinski definition) is 3. The van der Waals surface area contributed by atoms with Crippen molar-refractivity contribution in [1.29, 1.82) is 0 Å². The summed E-state index contributed by atoms with van der Waals surface area (Å²) in [4.78, 5) is 14.1. The number of benzene rings is 2. The highest BCUT2D eigenvalue weighted by Gasteiger charge is 2.32. The van der Waals surface area contributed by atoms with E-state index in [2.05, 4.69) is 15.2 Å². The minimum absolute atomic E-state index is 0.155. The van der Waals surface area contributed by atoms with Crippen LogP contribution >= 0.6 is 0 Å². The number of nitrogens with zero attached hydrogens (tertiary/aromatic N) is 3. The summed E-state index contributed by atoms with van der Waals surface area (Å²) >= 11 is 0. The fourth-order valence-corrected chi connectivity index (χ4v) is 3.44. The number of urea groups is 1. The summed E-state index contributed by atoms with van der Waals surface area (Å²) in [6, 6.07) is 8.89. The average molecular weight is 470 g/mol. The number of carbonyl (C=O) groups excluding carboxylic acids is 1. The van der Waals surface area contributed by atoms with Crippen molar-refractivity contribution in [3.05, 3.63) is 66.0 Å². The maximum absolute atomic E-state index is 12.7. The maximum atomic E-state index is 12.7. The molecule has 0 spiro atoms. The van der Waals surface area contributed by atoms with Crippen molar-refractivity contribution in [1.82, 2.24) is 14.7 Å². The highest BCUT2D eigenvalue weighted by Crippen LogP contribution is 2.31. The summed E-state index contributed by atoms with van der Waals surface area (Å²) < 4.78 is 80.7. The highest BCUT2D eigenvalue weighted by molar-refractivity contribution is 5.89. The molecule has 0 saturated heterocycles. The minimum Gasteiger partial charge on any atom is -0.406 e. The lowest BCUT2D eigenvalue weighted by Crippen LogP contribution is -2.41. The van der Waals surface area contributed by atoms with Crippen LogP contribution in [0.2, 0.25) is 0 Å². The molecule has 4 rings (SSSR count). The average Bonchev–Trinajstić information content (AvgIpc) is 3.16. The molecule has 0 atom stereocenters. The van der Waals surface area contributed by atoms with Gasteiger partial charge in [-0.2, -0.15) is 18.3 Å². The first-order valence-electron chi connectivity index (χ1n) is 9.64. The van der Waals surface area contributed by atoms with Gasteiger partial charge in [0.25, 0.3) is 0 Å². The molecule has 6 nitrogen and oxygen atoms in total. The summed E-state index contributed by atoms with van der Waals surface area (Å²) in [5.74, 6) is -0.357. The number of ether oxygens (including phenoxy) is 1. The number of aromatic nitrogens is 2. The van der Waals surface area contributed by atoms with Crippen LogP contribution in [0.3, 0.4) is 0 Å². The van der Waals surface area contributed by atoms with Crippen LogP contribution in [0.15, 0.2) is 54.7 Å². The molecule has 3 aromatic rings. The van der Waals surface area contributed by atoms with Gasteiger partial charge in [-0.05, 0) is 42.0 Å². The molecule has 2 amide bonds. The minimum atomic E-state index is -4.79. The fraction of sp³-hybridized carbons (Fsp3) is 0.238. The van der Waals surface area contributed by atoms with Gasteiger partial charge in [0.1, 0.15) is 5.75 Å². The molecule has 0 radical (unpaired) electrons. The Balaban J connectivity index is 1.46. The van der Waals surface area contributed by atoms with E-state index in [9.17, 15) is 31.1 Å². The second-order valence-electron chi connectivity index (χ2n) is 7.23. The molecule has 1 aromatic heterocycles. The third kappa shape index (κ3) is 5.21. The first-order chi connectivity index (χ1) is 15.5. The Bertz CT molecular complexity index is 1140. The molecule has 2 aromatic carbocycles. The van der Waals surface area contributed by atoms with Crippen LogP contribution in [0.4, 0.5) is 36.8 Å². The normalized spacial score (nSPS) is 14.1. The van der Waals surface area contributed by atoms with Gasteiger partial charge in [-0.25, -0.2) is 4.79 Å². The van der Waals surface area contributed by atoms with E-state index in [4.69, 9.17) is 0 Å². The van der Waals surface area contributed by atoms with E-state index in [-0.39, 0.29) is 18.0 Å². The van der Waals surface area contributed by atoms with Crippen LogP contribution in [0.25, 0.3) is 11.1 Å². The van der Waals surface area contributed by atoms with Crippen LogP contribution < -0.4 is 10.1 Å². The molecule has 0 bridgehead atoms. The van der Waals surface area contributed by atoms with E-state index in [1.165, 1.54) is 41.3 Å². The molecule has 0 saturated carbocycles. The molecular formula is C21H16F6N4O2. The Hall–Kier alpha value is -3.70. The van der Waals surface area contributed by atoms with Crippen molar-refractivity contribution in [2.75, 3.05) is 11.9 Å². The van der Waals surface area contributed by atoms with Crippen LogP contribution in [-0.4, -0.2) is 33.6 Å². The number of halogens is 6. The Morgan fingerprint density at radius 3 is 2.21 bits per heavy atom. The fourth-order valence-electron chi connectivity index (χ4n) is 3.44. The van der Waals surface area contributed by atoms with Gasteiger partial charge in [0.15, 0.2) is 0 Å². The monoisotopic (exact) mass is 470 g/mol. The largest absolute Gasteiger partial charge is 0.573 e. The smallest absolute Gasteiger partial charge is 0.406 e. The number of hydrogen-bond donors (Lipinski definition) is 1. The summed E-state index contributed by atoms with van der Waals surface area (Å²) in [5.41, 5.74) is 1.30. The van der Waals surface area contributed by atoms with Crippen molar-refractivity contribution < 1.29 is 35.9 Å². The lowest BCUT2D eigenvalue weighted by Gasteiger charge is -2.28. The number of anilines is 1. The summed E-state index contributed by atoms with van der Waals surface area (Å²) in [5, 5.41) is 6.83. The number of carbonyl (C=O) groups is 1. The molecule has 1 aliphatic rings. The first kappa shape index (κ1) is 22.5. The van der Waals surface area contributed by atoms with Gasteiger partial charge in [0, 0.05) is 17.8 Å². The van der Waals surface area contributed by atoms with Gasteiger partial charge >= 0.3 is 18.6 Å². The number of fused-ring (bicyclic) bond motifs is 1. The van der Waals surface area contributed by atoms with Crippen molar-refractivity contribution in [2.45, 2.75) is 25.6 Å². The van der Waals surface area contributed by atoms with Gasteiger partial charge in [-0.3, -0.25) is 4.68 Å². The molecule has 174 valence electrons. The second kappa shape index (κ2) is 8.34. The van der Waals surface area contributed by atoms with Crippen molar-refractivity contribution in [3.63, 3.8) is 0 Å². The van der Waals surface area contributed by atoms with Gasteiger partial charge in [-0.1, -0.05) is 12.1 Å². The Kier molecular flexibility index (Phi) is 5.68. The molecule has 1 N–H and O–H groups in total. The number of rotatable bonds is 3. The highest BCUT2D eigenvalue weighted by atomic mass is 19.4. The predicted molar refractivity (Wildman–Crippen MR) is 105 cm³/mol. The lowest BCUT2D eigenvalue weighted by atomic mass is 10.1. The van der Waals surface area contributed by atoms with Gasteiger partial charge in [0.05, 0.1) is 30.5 Å². The van der Waals surface area contributed by atoms with E-state index >= 15 is 0 Å². The third-order valence-corrected chi connectivity index (χ3v) is 5.02. The molecular weight excluding hydrogens is 454 g/mol. The molecule has 1 aliphatic heterocycles. The van der Waals surface area contributed by atoms with Crippen LogP contribution in [0.1, 0.15) is 11.3 Å². The van der Waals surface area contributed by atoms with Crippen LogP contribution in [0.5, 0.6) is 5.75 Å².